The van der Waals surface area contributed by atoms with E-state index in [9.17, 15) is 4.79 Å². The number of hydrogen-bond acceptors (Lipinski definition) is 2. The monoisotopic (exact) mass is 208 g/mol. The molecule has 5 heteroatoms. The Morgan fingerprint density at radius 1 is 1.73 bits per heavy atom. The number of nitrogens with zero attached hydrogens (tertiary/aromatic N) is 2. The molecule has 0 amide bonds. The van der Waals surface area contributed by atoms with Gasteiger partial charge in [0.2, 0.25) is 0 Å². The second-order valence-electron chi connectivity index (χ2n) is 3.59. The van der Waals surface area contributed by atoms with Crippen LogP contribution in [0, 0.1) is 0 Å². The molecule has 1 aromatic heterocycles. The standard InChI is InChI=1S/C10H17BN2O2/c1-5-15-9(14)8(2)11-10-12(3)6-7-13(10)4/h6-8H,5H2,1-4H3/q+1/t8-/m1/s1. The van der Waals surface area contributed by atoms with Gasteiger partial charge in [-0.25, -0.2) is 9.13 Å². The third kappa shape index (κ3) is 2.84. The maximum Gasteiger partial charge on any atom is 0.301 e. The number of hydrogen-bond donors (Lipinski definition) is 0. The molecule has 0 aromatic carbocycles. The van der Waals surface area contributed by atoms with Crippen LogP contribution in [0.5, 0.6) is 0 Å². The van der Waals surface area contributed by atoms with E-state index < -0.39 is 0 Å². The maximum atomic E-state index is 11.4. The molecule has 0 spiro atoms. The zero-order valence-electron chi connectivity index (χ0n) is 9.73. The quantitative estimate of drug-likeness (QED) is 0.381. The average molecular weight is 208 g/mol. The zero-order valence-corrected chi connectivity index (χ0v) is 9.73. The van der Waals surface area contributed by atoms with Gasteiger partial charge < -0.3 is 4.74 Å². The Balaban J connectivity index is 2.66. The van der Waals surface area contributed by atoms with Crippen molar-refractivity contribution < 1.29 is 14.1 Å². The number of carbonyl (C=O) groups is 1. The van der Waals surface area contributed by atoms with E-state index in [0.29, 0.717) is 6.61 Å². The van der Waals surface area contributed by atoms with Crippen LogP contribution >= 0.6 is 0 Å². The highest BCUT2D eigenvalue weighted by Crippen LogP contribution is 2.02. The van der Waals surface area contributed by atoms with Gasteiger partial charge in [0.15, 0.2) is 5.72 Å². The summed E-state index contributed by atoms with van der Waals surface area (Å²) in [4.78, 5) is 11.4. The van der Waals surface area contributed by atoms with Crippen molar-refractivity contribution in [3.63, 3.8) is 0 Å². The predicted octanol–water partition coefficient (Wildman–Crippen LogP) is -0.449. The second-order valence-corrected chi connectivity index (χ2v) is 3.59. The molecule has 0 aliphatic heterocycles. The fraction of sp³-hybridized carbons (Fsp3) is 0.600. The van der Waals surface area contributed by atoms with E-state index >= 15 is 0 Å². The lowest BCUT2D eigenvalue weighted by Gasteiger charge is -2.07. The van der Waals surface area contributed by atoms with Crippen molar-refractivity contribution >= 4 is 19.0 Å². The first-order valence-corrected chi connectivity index (χ1v) is 5.08. The van der Waals surface area contributed by atoms with Gasteiger partial charge in [0.05, 0.1) is 20.7 Å². The first-order valence-electron chi connectivity index (χ1n) is 5.08. The largest absolute Gasteiger partial charge is 0.466 e. The number of imidazole rings is 1. The molecule has 0 fully saturated rings. The molecule has 1 radical (unpaired) electrons. The average Bonchev–Trinajstić information content (AvgIpc) is 2.49. The highest BCUT2D eigenvalue weighted by atomic mass is 16.5. The predicted molar refractivity (Wildman–Crippen MR) is 58.0 cm³/mol. The van der Waals surface area contributed by atoms with Gasteiger partial charge in [-0.1, -0.05) is 6.92 Å². The normalized spacial score (nSPS) is 12.3. The molecular formula is C10H17BN2O2+. The first kappa shape index (κ1) is 11.8. The molecule has 0 aliphatic carbocycles. The third-order valence-electron chi connectivity index (χ3n) is 2.29. The number of aromatic nitrogens is 2. The molecule has 0 saturated carbocycles. The van der Waals surface area contributed by atoms with Crippen LogP contribution in [0.2, 0.25) is 5.82 Å². The van der Waals surface area contributed by atoms with Crippen LogP contribution in [0.3, 0.4) is 0 Å². The van der Waals surface area contributed by atoms with E-state index in [1.54, 1.807) is 0 Å². The fourth-order valence-corrected chi connectivity index (χ4v) is 1.40. The molecule has 1 heterocycles. The molecule has 0 bridgehead atoms. The molecule has 81 valence electrons. The van der Waals surface area contributed by atoms with Gasteiger partial charge in [-0.2, -0.15) is 0 Å². The van der Waals surface area contributed by atoms with Crippen LogP contribution in [0.4, 0.5) is 0 Å². The van der Waals surface area contributed by atoms with Crippen LogP contribution in [0.15, 0.2) is 12.4 Å². The highest BCUT2D eigenvalue weighted by Gasteiger charge is 2.23. The van der Waals surface area contributed by atoms with E-state index in [2.05, 4.69) is 0 Å². The lowest BCUT2D eigenvalue weighted by atomic mass is 9.64. The number of carbonyl (C=O) groups excluding carboxylic acids is 1. The third-order valence-corrected chi connectivity index (χ3v) is 2.29. The number of ether oxygens (including phenoxy) is 1. The van der Waals surface area contributed by atoms with E-state index in [1.165, 1.54) is 0 Å². The molecule has 1 aromatic rings. The van der Waals surface area contributed by atoms with Crippen LogP contribution in [-0.2, 0) is 23.6 Å². The van der Waals surface area contributed by atoms with Gasteiger partial charge in [-0.3, -0.25) is 4.79 Å². The van der Waals surface area contributed by atoms with Gasteiger partial charge in [0.1, 0.15) is 12.4 Å². The highest BCUT2D eigenvalue weighted by molar-refractivity contribution is 6.56. The summed E-state index contributed by atoms with van der Waals surface area (Å²) < 4.78 is 8.88. The van der Waals surface area contributed by atoms with Gasteiger partial charge >= 0.3 is 5.97 Å². The fourth-order valence-electron chi connectivity index (χ4n) is 1.40. The molecular weight excluding hydrogens is 191 g/mol. The zero-order chi connectivity index (χ0) is 11.4. The Bertz CT molecular complexity index is 330. The molecule has 0 aliphatic rings. The minimum Gasteiger partial charge on any atom is -0.466 e. The SMILES string of the molecule is CCOC(=O)[C@@H](C)[B]c1n(C)cc[n+]1C. The molecule has 0 N–H and O–H groups in total. The number of aryl methyl sites for hydroxylation is 2. The van der Waals surface area contributed by atoms with Crippen molar-refractivity contribution in [1.82, 2.24) is 4.57 Å². The van der Waals surface area contributed by atoms with E-state index in [1.807, 2.05) is 56.8 Å². The van der Waals surface area contributed by atoms with Crippen molar-refractivity contribution in [2.75, 3.05) is 6.61 Å². The van der Waals surface area contributed by atoms with Crippen molar-refractivity contribution in [2.45, 2.75) is 19.7 Å². The van der Waals surface area contributed by atoms with Crippen LogP contribution < -0.4 is 10.3 Å². The molecule has 0 saturated heterocycles. The first-order chi connectivity index (χ1) is 7.06. The van der Waals surface area contributed by atoms with Crippen molar-refractivity contribution in [3.8, 4) is 0 Å². The van der Waals surface area contributed by atoms with Crippen molar-refractivity contribution in [3.05, 3.63) is 12.4 Å². The Morgan fingerprint density at radius 3 is 2.87 bits per heavy atom. The number of esters is 1. The summed E-state index contributed by atoms with van der Waals surface area (Å²) in [5, 5.41) is 0. The van der Waals surface area contributed by atoms with Crippen LogP contribution in [0.25, 0.3) is 0 Å². The molecule has 1 rings (SSSR count). The lowest BCUT2D eigenvalue weighted by Crippen LogP contribution is -2.51. The van der Waals surface area contributed by atoms with Gasteiger partial charge in [-0.05, 0) is 6.92 Å². The molecule has 15 heavy (non-hydrogen) atoms. The Morgan fingerprint density at radius 2 is 2.40 bits per heavy atom. The van der Waals surface area contributed by atoms with E-state index in [4.69, 9.17) is 4.74 Å². The second kappa shape index (κ2) is 5.00. The van der Waals surface area contributed by atoms with Crippen molar-refractivity contribution in [2.24, 2.45) is 14.1 Å². The molecule has 1 atom stereocenters. The minimum absolute atomic E-state index is 0.182. The minimum atomic E-state index is -0.218. The van der Waals surface area contributed by atoms with Gasteiger partial charge in [0.25, 0.3) is 7.28 Å². The van der Waals surface area contributed by atoms with Crippen molar-refractivity contribution in [1.29, 1.82) is 0 Å². The van der Waals surface area contributed by atoms with Gasteiger partial charge in [-0.15, -0.1) is 0 Å². The van der Waals surface area contributed by atoms with Crippen LogP contribution in [-0.4, -0.2) is 24.4 Å². The Hall–Kier alpha value is -1.26. The molecule has 4 nitrogen and oxygen atoms in total. The smallest absolute Gasteiger partial charge is 0.301 e. The summed E-state index contributed by atoms with van der Waals surface area (Å²) in [5.74, 6) is -0.400. The summed E-state index contributed by atoms with van der Waals surface area (Å²) >= 11 is 0. The summed E-state index contributed by atoms with van der Waals surface area (Å²) in [5.41, 5.74) is 0.996. The van der Waals surface area contributed by atoms with E-state index in [-0.39, 0.29) is 11.8 Å². The number of rotatable bonds is 4. The molecule has 0 unspecified atom stereocenters. The Labute approximate surface area is 91.1 Å². The topological polar surface area (TPSA) is 35.1 Å². The van der Waals surface area contributed by atoms with E-state index in [0.717, 1.165) is 5.72 Å². The van der Waals surface area contributed by atoms with Gasteiger partial charge in [0, 0.05) is 5.82 Å². The maximum absolute atomic E-state index is 11.4. The summed E-state index contributed by atoms with van der Waals surface area (Å²) in [6.07, 6.45) is 3.90. The summed E-state index contributed by atoms with van der Waals surface area (Å²) in [6, 6.07) is 0. The lowest BCUT2D eigenvalue weighted by molar-refractivity contribution is -0.653. The summed E-state index contributed by atoms with van der Waals surface area (Å²) in [7, 11) is 5.80. The summed E-state index contributed by atoms with van der Waals surface area (Å²) in [6.45, 7) is 4.08. The Kier molecular flexibility index (Phi) is 3.94. The van der Waals surface area contributed by atoms with Crippen LogP contribution in [0.1, 0.15) is 13.8 Å².